The Labute approximate surface area is 96.0 Å². The van der Waals surface area contributed by atoms with Crippen LogP contribution in [0.4, 0.5) is 0 Å². The van der Waals surface area contributed by atoms with Gasteiger partial charge in [0, 0.05) is 5.56 Å². The van der Waals surface area contributed by atoms with Crippen molar-refractivity contribution in [1.29, 1.82) is 0 Å². The molecule has 2 aromatic carbocycles. The molecular formula is C15H14O. The van der Waals surface area contributed by atoms with E-state index in [1.165, 1.54) is 0 Å². The highest BCUT2D eigenvalue weighted by Gasteiger charge is 2.06. The lowest BCUT2D eigenvalue weighted by Crippen LogP contribution is -1.89. The van der Waals surface area contributed by atoms with Gasteiger partial charge in [-0.15, -0.1) is 0 Å². The molecule has 0 atom stereocenters. The van der Waals surface area contributed by atoms with E-state index in [2.05, 4.69) is 24.8 Å². The molecule has 0 saturated heterocycles. The zero-order chi connectivity index (χ0) is 11.4. The first kappa shape index (κ1) is 10.5. The van der Waals surface area contributed by atoms with Gasteiger partial charge in [-0.25, -0.2) is 0 Å². The third-order valence-corrected chi connectivity index (χ3v) is 2.58. The Hall–Kier alpha value is -2.02. The van der Waals surface area contributed by atoms with E-state index >= 15 is 0 Å². The summed E-state index contributed by atoms with van der Waals surface area (Å²) in [5.74, 6) is 0.886. The normalized spacial score (nSPS) is 9.81. The molecule has 80 valence electrons. The highest BCUT2D eigenvalue weighted by atomic mass is 16.5. The maximum atomic E-state index is 5.36. The SMILES string of the molecule is C=Cc1ccccc1-c1ccccc1OC. The number of hydrogen-bond donors (Lipinski definition) is 0. The average molecular weight is 210 g/mol. The molecule has 0 N–H and O–H groups in total. The largest absolute Gasteiger partial charge is 0.496 e. The molecule has 0 aliphatic carbocycles. The van der Waals surface area contributed by atoms with Crippen LogP contribution >= 0.6 is 0 Å². The van der Waals surface area contributed by atoms with Crippen molar-refractivity contribution in [3.05, 3.63) is 60.7 Å². The molecule has 0 amide bonds. The Bertz CT molecular complexity index is 500. The molecule has 2 aromatic rings. The maximum absolute atomic E-state index is 5.36. The van der Waals surface area contributed by atoms with E-state index in [1.54, 1.807) is 7.11 Å². The van der Waals surface area contributed by atoms with Gasteiger partial charge in [0.25, 0.3) is 0 Å². The number of benzene rings is 2. The third-order valence-electron chi connectivity index (χ3n) is 2.58. The smallest absolute Gasteiger partial charge is 0.126 e. The molecule has 0 aliphatic rings. The summed E-state index contributed by atoms with van der Waals surface area (Å²) in [5.41, 5.74) is 3.36. The predicted molar refractivity (Wildman–Crippen MR) is 68.5 cm³/mol. The summed E-state index contributed by atoms with van der Waals surface area (Å²) in [6.07, 6.45) is 1.86. The van der Waals surface area contributed by atoms with E-state index in [0.717, 1.165) is 22.4 Å². The number of ether oxygens (including phenoxy) is 1. The fraction of sp³-hybridized carbons (Fsp3) is 0.0667. The molecule has 0 aromatic heterocycles. The van der Waals surface area contributed by atoms with Crippen LogP contribution in [0.25, 0.3) is 17.2 Å². The van der Waals surface area contributed by atoms with Crippen molar-refractivity contribution in [2.45, 2.75) is 0 Å². The van der Waals surface area contributed by atoms with Crippen molar-refractivity contribution >= 4 is 6.08 Å². The number of hydrogen-bond acceptors (Lipinski definition) is 1. The van der Waals surface area contributed by atoms with Crippen molar-refractivity contribution in [1.82, 2.24) is 0 Å². The van der Waals surface area contributed by atoms with Gasteiger partial charge in [-0.1, -0.05) is 55.1 Å². The second kappa shape index (κ2) is 4.67. The average Bonchev–Trinajstić information content (AvgIpc) is 2.38. The van der Waals surface area contributed by atoms with Crippen LogP contribution < -0.4 is 4.74 Å². The molecule has 0 bridgehead atoms. The summed E-state index contributed by atoms with van der Waals surface area (Å²) >= 11 is 0. The first-order valence-corrected chi connectivity index (χ1v) is 5.21. The molecule has 0 heterocycles. The van der Waals surface area contributed by atoms with Crippen molar-refractivity contribution in [3.63, 3.8) is 0 Å². The molecule has 0 fully saturated rings. The molecule has 2 rings (SSSR count). The van der Waals surface area contributed by atoms with Gasteiger partial charge in [-0.3, -0.25) is 0 Å². The molecule has 1 heteroatoms. The van der Waals surface area contributed by atoms with Crippen LogP contribution in [0.3, 0.4) is 0 Å². The van der Waals surface area contributed by atoms with Gasteiger partial charge in [0.15, 0.2) is 0 Å². The lowest BCUT2D eigenvalue weighted by Gasteiger charge is -2.10. The van der Waals surface area contributed by atoms with Crippen LogP contribution in [0.1, 0.15) is 5.56 Å². The molecule has 1 nitrogen and oxygen atoms in total. The topological polar surface area (TPSA) is 9.23 Å². The van der Waals surface area contributed by atoms with Gasteiger partial charge < -0.3 is 4.74 Å². The fourth-order valence-corrected chi connectivity index (χ4v) is 1.79. The first-order chi connectivity index (χ1) is 7.86. The van der Waals surface area contributed by atoms with Crippen molar-refractivity contribution < 1.29 is 4.74 Å². The molecule has 0 saturated carbocycles. The Morgan fingerprint density at radius 2 is 1.56 bits per heavy atom. The van der Waals surface area contributed by atoms with Crippen LogP contribution in [0.2, 0.25) is 0 Å². The second-order valence-corrected chi connectivity index (χ2v) is 3.49. The summed E-state index contributed by atoms with van der Waals surface area (Å²) in [5, 5.41) is 0. The summed E-state index contributed by atoms with van der Waals surface area (Å²) in [4.78, 5) is 0. The van der Waals surface area contributed by atoms with E-state index in [1.807, 2.05) is 36.4 Å². The summed E-state index contributed by atoms with van der Waals surface area (Å²) in [7, 11) is 1.69. The molecule has 0 spiro atoms. The molecular weight excluding hydrogens is 196 g/mol. The first-order valence-electron chi connectivity index (χ1n) is 5.21. The Morgan fingerprint density at radius 1 is 0.938 bits per heavy atom. The molecule has 0 radical (unpaired) electrons. The minimum Gasteiger partial charge on any atom is -0.496 e. The van der Waals surface area contributed by atoms with Crippen LogP contribution in [-0.4, -0.2) is 7.11 Å². The summed E-state index contributed by atoms with van der Waals surface area (Å²) < 4.78 is 5.36. The van der Waals surface area contributed by atoms with Crippen LogP contribution in [-0.2, 0) is 0 Å². The number of rotatable bonds is 3. The van der Waals surface area contributed by atoms with Gasteiger partial charge in [-0.05, 0) is 17.2 Å². The van der Waals surface area contributed by atoms with Crippen molar-refractivity contribution in [2.24, 2.45) is 0 Å². The lowest BCUT2D eigenvalue weighted by molar-refractivity contribution is 0.416. The predicted octanol–water partition coefficient (Wildman–Crippen LogP) is 4.01. The van der Waals surface area contributed by atoms with Crippen LogP contribution in [0, 0.1) is 0 Å². The monoisotopic (exact) mass is 210 g/mol. The minimum absolute atomic E-state index is 0.886. The van der Waals surface area contributed by atoms with Crippen molar-refractivity contribution in [3.8, 4) is 16.9 Å². The van der Waals surface area contributed by atoms with Gasteiger partial charge in [0.05, 0.1) is 7.11 Å². The summed E-state index contributed by atoms with van der Waals surface area (Å²) in [6.45, 7) is 3.83. The second-order valence-electron chi connectivity index (χ2n) is 3.49. The van der Waals surface area contributed by atoms with E-state index < -0.39 is 0 Å². The zero-order valence-electron chi connectivity index (χ0n) is 9.31. The third kappa shape index (κ3) is 1.84. The molecule has 0 aliphatic heterocycles. The van der Waals surface area contributed by atoms with Crippen LogP contribution in [0.5, 0.6) is 5.75 Å². The number of para-hydroxylation sites is 1. The van der Waals surface area contributed by atoms with Gasteiger partial charge in [0.1, 0.15) is 5.75 Å². The van der Waals surface area contributed by atoms with Gasteiger partial charge >= 0.3 is 0 Å². The lowest BCUT2D eigenvalue weighted by atomic mass is 9.99. The number of methoxy groups -OCH3 is 1. The van der Waals surface area contributed by atoms with Gasteiger partial charge in [0.2, 0.25) is 0 Å². The zero-order valence-corrected chi connectivity index (χ0v) is 9.31. The van der Waals surface area contributed by atoms with E-state index in [9.17, 15) is 0 Å². The summed E-state index contributed by atoms with van der Waals surface area (Å²) in [6, 6.07) is 16.2. The molecule has 16 heavy (non-hydrogen) atoms. The Morgan fingerprint density at radius 3 is 2.25 bits per heavy atom. The Balaban J connectivity index is 2.62. The van der Waals surface area contributed by atoms with Crippen molar-refractivity contribution in [2.75, 3.05) is 7.11 Å². The van der Waals surface area contributed by atoms with E-state index in [4.69, 9.17) is 4.74 Å². The van der Waals surface area contributed by atoms with E-state index in [0.29, 0.717) is 0 Å². The maximum Gasteiger partial charge on any atom is 0.126 e. The van der Waals surface area contributed by atoms with E-state index in [-0.39, 0.29) is 0 Å². The Kier molecular flexibility index (Phi) is 3.06. The minimum atomic E-state index is 0.886. The highest BCUT2D eigenvalue weighted by molar-refractivity contribution is 5.78. The standard InChI is InChI=1S/C15H14O/c1-3-12-8-4-5-9-13(12)14-10-6-7-11-15(14)16-2/h3-11H,1H2,2H3. The fourth-order valence-electron chi connectivity index (χ4n) is 1.79. The molecule has 0 unspecified atom stereocenters. The van der Waals surface area contributed by atoms with Gasteiger partial charge in [-0.2, -0.15) is 0 Å². The van der Waals surface area contributed by atoms with Crippen LogP contribution in [0.15, 0.2) is 55.1 Å². The quantitative estimate of drug-likeness (QED) is 0.743. The highest BCUT2D eigenvalue weighted by Crippen LogP contribution is 2.32.